The molecule has 1 rings (SSSR count). The van der Waals surface area contributed by atoms with Gasteiger partial charge in [0.05, 0.1) is 4.92 Å². The number of rotatable bonds is 11. The molecule has 8 nitrogen and oxygen atoms in total. The van der Waals surface area contributed by atoms with Gasteiger partial charge >= 0.3 is 11.9 Å². The number of non-ortho nitro benzene ring substituents is 1. The molecule has 2 N–H and O–H groups in total. The van der Waals surface area contributed by atoms with Crippen LogP contribution in [0.2, 0.25) is 0 Å². The summed E-state index contributed by atoms with van der Waals surface area (Å²) in [6.07, 6.45) is 8.59. The van der Waals surface area contributed by atoms with E-state index in [0.717, 1.165) is 19.4 Å². The number of hydrogen-bond acceptors (Lipinski definition) is 5. The normalized spacial score (nSPS) is 10.2. The first-order chi connectivity index (χ1) is 12.8. The highest BCUT2D eigenvalue weighted by atomic mass is 16.6. The molecule has 1 aromatic rings. The second-order valence-electron chi connectivity index (χ2n) is 6.35. The van der Waals surface area contributed by atoms with Crippen molar-refractivity contribution in [1.29, 1.82) is 0 Å². The molecule has 0 saturated heterocycles. The topological polar surface area (TPSA) is 121 Å². The molecule has 0 heterocycles. The molecule has 0 fully saturated rings. The van der Waals surface area contributed by atoms with E-state index < -0.39 is 11.9 Å². The van der Waals surface area contributed by atoms with Gasteiger partial charge in [0, 0.05) is 12.1 Å². The first-order valence-electron chi connectivity index (χ1n) is 9.16. The first-order valence-corrected chi connectivity index (χ1v) is 9.16. The third kappa shape index (κ3) is 13.4. The number of carboxylic acids is 2. The molecule has 0 atom stereocenters. The van der Waals surface area contributed by atoms with Gasteiger partial charge < -0.3 is 15.1 Å². The van der Waals surface area contributed by atoms with Crippen LogP contribution in [0.3, 0.4) is 0 Å². The molecule has 0 aliphatic carbocycles. The van der Waals surface area contributed by atoms with E-state index in [-0.39, 0.29) is 10.6 Å². The Morgan fingerprint density at radius 3 is 1.93 bits per heavy atom. The van der Waals surface area contributed by atoms with Crippen LogP contribution in [0.4, 0.5) is 5.69 Å². The monoisotopic (exact) mass is 382 g/mol. The van der Waals surface area contributed by atoms with E-state index in [1.807, 2.05) is 12.1 Å². The minimum absolute atomic E-state index is 0.172. The standard InChI is InChI=1S/C17H28N2O2.C2H2O4/c1-3-4-5-7-14-18(2)15-8-6-9-16-10-12-17(13-11-16)19(20)21;3-1(4)2(5)6/h10-13H,3-9,14-15H2,1-2H3;(H,3,4)(H,5,6). The van der Waals surface area contributed by atoms with E-state index in [0.29, 0.717) is 0 Å². The van der Waals surface area contributed by atoms with E-state index in [9.17, 15) is 10.1 Å². The first kappa shape index (κ1) is 24.5. The molecule has 0 bridgehead atoms. The molecule has 0 saturated carbocycles. The lowest BCUT2D eigenvalue weighted by molar-refractivity contribution is -0.384. The number of nitro benzene ring substituents is 1. The average molecular weight is 382 g/mol. The zero-order valence-electron chi connectivity index (χ0n) is 16.1. The van der Waals surface area contributed by atoms with Crippen molar-refractivity contribution in [1.82, 2.24) is 4.90 Å². The van der Waals surface area contributed by atoms with Crippen molar-refractivity contribution in [3.05, 3.63) is 39.9 Å². The van der Waals surface area contributed by atoms with Crippen molar-refractivity contribution in [3.63, 3.8) is 0 Å². The number of carboxylic acid groups (broad SMARTS) is 2. The van der Waals surface area contributed by atoms with Crippen LogP contribution in [-0.4, -0.2) is 52.1 Å². The molecule has 0 aliphatic rings. The van der Waals surface area contributed by atoms with E-state index in [4.69, 9.17) is 19.8 Å². The van der Waals surface area contributed by atoms with Crippen LogP contribution >= 0.6 is 0 Å². The molecule has 8 heteroatoms. The fraction of sp³-hybridized carbons (Fsp3) is 0.579. The number of nitrogens with zero attached hydrogens (tertiary/aromatic N) is 2. The van der Waals surface area contributed by atoms with E-state index in [1.54, 1.807) is 12.1 Å². The van der Waals surface area contributed by atoms with Crippen molar-refractivity contribution in [2.45, 2.75) is 51.9 Å². The Morgan fingerprint density at radius 2 is 1.48 bits per heavy atom. The lowest BCUT2D eigenvalue weighted by Crippen LogP contribution is -2.21. The van der Waals surface area contributed by atoms with Gasteiger partial charge in [0.15, 0.2) is 0 Å². The maximum atomic E-state index is 10.6. The highest BCUT2D eigenvalue weighted by molar-refractivity contribution is 6.27. The summed E-state index contributed by atoms with van der Waals surface area (Å²) >= 11 is 0. The van der Waals surface area contributed by atoms with Gasteiger partial charge in [0.25, 0.3) is 5.69 Å². The molecular weight excluding hydrogens is 352 g/mol. The zero-order valence-corrected chi connectivity index (χ0v) is 16.1. The molecule has 152 valence electrons. The Kier molecular flexibility index (Phi) is 13.3. The lowest BCUT2D eigenvalue weighted by atomic mass is 10.1. The molecule has 0 aromatic heterocycles. The predicted molar refractivity (Wildman–Crippen MR) is 103 cm³/mol. The summed E-state index contributed by atoms with van der Waals surface area (Å²) in [6, 6.07) is 6.92. The Bertz CT molecular complexity index is 562. The van der Waals surface area contributed by atoms with Crippen molar-refractivity contribution < 1.29 is 24.7 Å². The zero-order chi connectivity index (χ0) is 20.7. The van der Waals surface area contributed by atoms with Crippen LogP contribution < -0.4 is 0 Å². The molecule has 0 spiro atoms. The maximum Gasteiger partial charge on any atom is 0.414 e. The number of carbonyl (C=O) groups is 2. The summed E-state index contributed by atoms with van der Waals surface area (Å²) in [7, 11) is 2.19. The molecule has 0 unspecified atom stereocenters. The highest BCUT2D eigenvalue weighted by Gasteiger charge is 2.04. The van der Waals surface area contributed by atoms with E-state index >= 15 is 0 Å². The summed E-state index contributed by atoms with van der Waals surface area (Å²) in [5.41, 5.74) is 1.36. The average Bonchev–Trinajstić information content (AvgIpc) is 2.63. The smallest absolute Gasteiger partial charge is 0.414 e. The SMILES string of the molecule is CCCCCCN(C)CCCCc1ccc([N+](=O)[O-])cc1.O=C(O)C(=O)O. The Hall–Kier alpha value is -2.48. The van der Waals surface area contributed by atoms with Gasteiger partial charge in [-0.3, -0.25) is 10.1 Å². The number of nitro groups is 1. The van der Waals surface area contributed by atoms with Crippen molar-refractivity contribution in [2.24, 2.45) is 0 Å². The van der Waals surface area contributed by atoms with E-state index in [1.165, 1.54) is 44.2 Å². The Morgan fingerprint density at radius 1 is 0.963 bits per heavy atom. The number of aryl methyl sites for hydroxylation is 1. The molecule has 27 heavy (non-hydrogen) atoms. The summed E-state index contributed by atoms with van der Waals surface area (Å²) in [5, 5.41) is 25.4. The van der Waals surface area contributed by atoms with Crippen LogP contribution in [0.5, 0.6) is 0 Å². The van der Waals surface area contributed by atoms with Gasteiger partial charge in [-0.2, -0.15) is 0 Å². The van der Waals surface area contributed by atoms with Crippen LogP contribution in [0.15, 0.2) is 24.3 Å². The second kappa shape index (κ2) is 14.7. The van der Waals surface area contributed by atoms with E-state index in [2.05, 4.69) is 18.9 Å². The summed E-state index contributed by atoms with van der Waals surface area (Å²) in [6.45, 7) is 4.57. The van der Waals surface area contributed by atoms with Gasteiger partial charge in [-0.05, 0) is 51.4 Å². The van der Waals surface area contributed by atoms with Crippen molar-refractivity contribution in [2.75, 3.05) is 20.1 Å². The maximum absolute atomic E-state index is 10.6. The quantitative estimate of drug-likeness (QED) is 0.260. The minimum atomic E-state index is -1.82. The third-order valence-corrected chi connectivity index (χ3v) is 3.98. The van der Waals surface area contributed by atoms with Gasteiger partial charge in [0.1, 0.15) is 0 Å². The fourth-order valence-corrected chi connectivity index (χ4v) is 2.42. The minimum Gasteiger partial charge on any atom is -0.473 e. The van der Waals surface area contributed by atoms with Crippen molar-refractivity contribution in [3.8, 4) is 0 Å². The predicted octanol–water partition coefficient (Wildman–Crippen LogP) is 3.59. The molecule has 0 aliphatic heterocycles. The third-order valence-electron chi connectivity index (χ3n) is 3.98. The van der Waals surface area contributed by atoms with Crippen LogP contribution in [-0.2, 0) is 16.0 Å². The van der Waals surface area contributed by atoms with Gasteiger partial charge in [-0.15, -0.1) is 0 Å². The van der Waals surface area contributed by atoms with Gasteiger partial charge in [-0.1, -0.05) is 38.3 Å². The number of benzene rings is 1. The van der Waals surface area contributed by atoms with Crippen LogP contribution in [0.25, 0.3) is 0 Å². The molecular formula is C19H30N2O6. The van der Waals surface area contributed by atoms with Gasteiger partial charge in [-0.25, -0.2) is 9.59 Å². The summed E-state index contributed by atoms with van der Waals surface area (Å²) < 4.78 is 0. The van der Waals surface area contributed by atoms with Gasteiger partial charge in [0.2, 0.25) is 0 Å². The fourth-order valence-electron chi connectivity index (χ4n) is 2.42. The summed E-state index contributed by atoms with van der Waals surface area (Å²) in [4.78, 5) is 30.8. The second-order valence-corrected chi connectivity index (χ2v) is 6.35. The summed E-state index contributed by atoms with van der Waals surface area (Å²) in [5.74, 6) is -3.65. The Labute approximate surface area is 160 Å². The largest absolute Gasteiger partial charge is 0.473 e. The molecule has 1 aromatic carbocycles. The van der Waals surface area contributed by atoms with Crippen LogP contribution in [0.1, 0.15) is 51.0 Å². The number of aliphatic carboxylic acids is 2. The van der Waals surface area contributed by atoms with Crippen LogP contribution in [0, 0.1) is 10.1 Å². The molecule has 0 amide bonds. The number of unbranched alkanes of at least 4 members (excludes halogenated alkanes) is 4. The highest BCUT2D eigenvalue weighted by Crippen LogP contribution is 2.13. The van der Waals surface area contributed by atoms with Crippen molar-refractivity contribution >= 4 is 17.6 Å². The lowest BCUT2D eigenvalue weighted by Gasteiger charge is -2.16. The Balaban J connectivity index is 0.000000972. The molecule has 0 radical (unpaired) electrons. The number of hydrogen-bond donors (Lipinski definition) is 2.